The van der Waals surface area contributed by atoms with Crippen LogP contribution in [0.1, 0.15) is 39.7 Å². The molecule has 0 fully saturated rings. The van der Waals surface area contributed by atoms with Crippen LogP contribution in [0.25, 0.3) is 0 Å². The third kappa shape index (κ3) is 3.99. The molecule has 1 rings (SSSR count). The van der Waals surface area contributed by atoms with Gasteiger partial charge in [0, 0.05) is 29.3 Å². The maximum atomic E-state index is 3.59. The molecule has 0 saturated heterocycles. The smallest absolute Gasteiger partial charge is 0.0425 e. The fourth-order valence-corrected chi connectivity index (χ4v) is 2.50. The summed E-state index contributed by atoms with van der Waals surface area (Å²) in [6.07, 6.45) is 1.17. The Balaban J connectivity index is 3.05. The minimum absolute atomic E-state index is 0.574. The molecule has 1 aromatic carbocycles. The molecule has 1 atom stereocenters. The van der Waals surface area contributed by atoms with Crippen LogP contribution in [0, 0.1) is 0 Å². The maximum Gasteiger partial charge on any atom is 0.0425 e. The monoisotopic (exact) mass is 312 g/mol. The summed E-state index contributed by atoms with van der Waals surface area (Å²) in [5, 5.41) is 3.42. The van der Waals surface area contributed by atoms with Gasteiger partial charge in [-0.25, -0.2) is 0 Å². The highest BCUT2D eigenvalue weighted by Gasteiger charge is 2.14. The second-order valence-electron chi connectivity index (χ2n) is 4.60. The molecule has 1 aromatic rings. The number of benzene rings is 1. The Bertz CT molecular complexity index is 366. The Hall–Kier alpha value is -0.540. The van der Waals surface area contributed by atoms with E-state index in [0.717, 1.165) is 24.1 Å². The topological polar surface area (TPSA) is 15.3 Å². The van der Waals surface area contributed by atoms with Gasteiger partial charge < -0.3 is 10.2 Å². The summed E-state index contributed by atoms with van der Waals surface area (Å²) >= 11 is 3.59. The Kier molecular flexibility index (Phi) is 6.72. The van der Waals surface area contributed by atoms with Gasteiger partial charge in [-0.15, -0.1) is 0 Å². The summed E-state index contributed by atoms with van der Waals surface area (Å²) in [5.41, 5.74) is 2.73. The van der Waals surface area contributed by atoms with Crippen molar-refractivity contribution in [3.8, 4) is 0 Å². The van der Waals surface area contributed by atoms with Gasteiger partial charge in [-0.2, -0.15) is 0 Å². The van der Waals surface area contributed by atoms with Crippen molar-refractivity contribution in [1.82, 2.24) is 5.32 Å². The van der Waals surface area contributed by atoms with E-state index in [0.29, 0.717) is 6.04 Å². The Morgan fingerprint density at radius 2 is 2.00 bits per heavy atom. The largest absolute Gasteiger partial charge is 0.369 e. The third-order valence-corrected chi connectivity index (χ3v) is 3.88. The van der Waals surface area contributed by atoms with Crippen molar-refractivity contribution >= 4 is 21.6 Å². The van der Waals surface area contributed by atoms with E-state index in [1.54, 1.807) is 0 Å². The number of hydrogen-bond acceptors (Lipinski definition) is 2. The van der Waals surface area contributed by atoms with E-state index in [1.165, 1.54) is 17.7 Å². The third-order valence-electron chi connectivity index (χ3n) is 3.39. The minimum atomic E-state index is 0.574. The van der Waals surface area contributed by atoms with Crippen LogP contribution >= 0.6 is 15.9 Å². The molecular formula is C15H25BrN2. The first-order valence-electron chi connectivity index (χ1n) is 6.89. The Labute approximate surface area is 120 Å². The maximum absolute atomic E-state index is 3.59. The van der Waals surface area contributed by atoms with Gasteiger partial charge in [0.15, 0.2) is 0 Å². The number of nitrogens with zero attached hydrogens (tertiary/aromatic N) is 1. The molecule has 0 aromatic heterocycles. The number of rotatable bonds is 7. The lowest BCUT2D eigenvalue weighted by Crippen LogP contribution is -2.33. The predicted octanol–water partition coefficient (Wildman–Crippen LogP) is 4.18. The molecule has 0 bridgehead atoms. The molecule has 0 spiro atoms. The van der Waals surface area contributed by atoms with E-state index in [2.05, 4.69) is 72.0 Å². The summed E-state index contributed by atoms with van der Waals surface area (Å²) in [5.74, 6) is 0. The van der Waals surface area contributed by atoms with E-state index in [1.807, 2.05) is 0 Å². The SMILES string of the molecule is CCNCc1ccc(Br)cc1N(CC)C(C)CC. The molecule has 1 N–H and O–H groups in total. The van der Waals surface area contributed by atoms with Gasteiger partial charge in [0.25, 0.3) is 0 Å². The molecule has 18 heavy (non-hydrogen) atoms. The molecule has 102 valence electrons. The first-order chi connectivity index (χ1) is 8.63. The zero-order valence-electron chi connectivity index (χ0n) is 12.0. The van der Waals surface area contributed by atoms with Gasteiger partial charge in [0.1, 0.15) is 0 Å². The van der Waals surface area contributed by atoms with Crippen LogP contribution in [-0.4, -0.2) is 19.1 Å². The number of anilines is 1. The van der Waals surface area contributed by atoms with Gasteiger partial charge in [-0.05, 0) is 44.5 Å². The summed E-state index contributed by atoms with van der Waals surface area (Å²) in [6, 6.07) is 7.15. The predicted molar refractivity (Wildman–Crippen MR) is 84.3 cm³/mol. The molecular weight excluding hydrogens is 288 g/mol. The lowest BCUT2D eigenvalue weighted by molar-refractivity contribution is 0.623. The molecule has 1 unspecified atom stereocenters. The van der Waals surface area contributed by atoms with Crippen LogP contribution in [0.2, 0.25) is 0 Å². The van der Waals surface area contributed by atoms with Crippen molar-refractivity contribution in [3.05, 3.63) is 28.2 Å². The van der Waals surface area contributed by atoms with Crippen molar-refractivity contribution in [2.24, 2.45) is 0 Å². The van der Waals surface area contributed by atoms with E-state index in [4.69, 9.17) is 0 Å². The quantitative estimate of drug-likeness (QED) is 0.812. The standard InChI is InChI=1S/C15H25BrN2/c1-5-12(4)18(7-3)15-10-14(16)9-8-13(15)11-17-6-2/h8-10,12,17H,5-7,11H2,1-4H3. The van der Waals surface area contributed by atoms with Gasteiger partial charge in [-0.1, -0.05) is 35.8 Å². The molecule has 2 nitrogen and oxygen atoms in total. The first kappa shape index (κ1) is 15.5. The molecule has 0 heterocycles. The number of hydrogen-bond donors (Lipinski definition) is 1. The second kappa shape index (κ2) is 7.80. The number of nitrogens with one attached hydrogen (secondary N) is 1. The van der Waals surface area contributed by atoms with Crippen molar-refractivity contribution < 1.29 is 0 Å². The average Bonchev–Trinajstić information content (AvgIpc) is 2.38. The number of halogens is 1. The van der Waals surface area contributed by atoms with Crippen molar-refractivity contribution in [2.45, 2.75) is 46.7 Å². The van der Waals surface area contributed by atoms with Crippen LogP contribution in [0.15, 0.2) is 22.7 Å². The molecule has 0 radical (unpaired) electrons. The fraction of sp³-hybridized carbons (Fsp3) is 0.600. The van der Waals surface area contributed by atoms with E-state index in [-0.39, 0.29) is 0 Å². The summed E-state index contributed by atoms with van der Waals surface area (Å²) in [6.45, 7) is 11.9. The van der Waals surface area contributed by atoms with Crippen LogP contribution in [0.5, 0.6) is 0 Å². The molecule has 0 aliphatic carbocycles. The molecule has 0 aliphatic rings. The second-order valence-corrected chi connectivity index (χ2v) is 5.51. The lowest BCUT2D eigenvalue weighted by Gasteiger charge is -2.31. The minimum Gasteiger partial charge on any atom is -0.369 e. The van der Waals surface area contributed by atoms with E-state index < -0.39 is 0 Å². The highest BCUT2D eigenvalue weighted by molar-refractivity contribution is 9.10. The summed E-state index contributed by atoms with van der Waals surface area (Å²) in [7, 11) is 0. The fourth-order valence-electron chi connectivity index (χ4n) is 2.15. The Morgan fingerprint density at radius 3 is 2.56 bits per heavy atom. The van der Waals surface area contributed by atoms with E-state index in [9.17, 15) is 0 Å². The van der Waals surface area contributed by atoms with Gasteiger partial charge in [-0.3, -0.25) is 0 Å². The molecule has 0 saturated carbocycles. The normalized spacial score (nSPS) is 12.5. The van der Waals surface area contributed by atoms with Crippen LogP contribution in [-0.2, 0) is 6.54 Å². The highest BCUT2D eigenvalue weighted by atomic mass is 79.9. The van der Waals surface area contributed by atoms with Crippen molar-refractivity contribution in [1.29, 1.82) is 0 Å². The average molecular weight is 313 g/mol. The van der Waals surface area contributed by atoms with Crippen LogP contribution in [0.4, 0.5) is 5.69 Å². The summed E-state index contributed by atoms with van der Waals surface area (Å²) in [4.78, 5) is 2.48. The van der Waals surface area contributed by atoms with Crippen molar-refractivity contribution in [2.75, 3.05) is 18.0 Å². The first-order valence-corrected chi connectivity index (χ1v) is 7.69. The molecule has 0 amide bonds. The zero-order valence-corrected chi connectivity index (χ0v) is 13.5. The van der Waals surface area contributed by atoms with Crippen LogP contribution in [0.3, 0.4) is 0 Å². The van der Waals surface area contributed by atoms with Gasteiger partial charge >= 0.3 is 0 Å². The molecule has 0 aliphatic heterocycles. The highest BCUT2D eigenvalue weighted by Crippen LogP contribution is 2.27. The zero-order chi connectivity index (χ0) is 13.5. The molecule has 3 heteroatoms. The van der Waals surface area contributed by atoms with Crippen molar-refractivity contribution in [3.63, 3.8) is 0 Å². The summed E-state index contributed by atoms with van der Waals surface area (Å²) < 4.78 is 1.15. The Morgan fingerprint density at radius 1 is 1.28 bits per heavy atom. The van der Waals surface area contributed by atoms with Gasteiger partial charge in [0.2, 0.25) is 0 Å². The van der Waals surface area contributed by atoms with E-state index >= 15 is 0 Å². The van der Waals surface area contributed by atoms with Gasteiger partial charge in [0.05, 0.1) is 0 Å². The van der Waals surface area contributed by atoms with Crippen LogP contribution < -0.4 is 10.2 Å². The lowest BCUT2D eigenvalue weighted by atomic mass is 10.1.